The van der Waals surface area contributed by atoms with Crippen LogP contribution in [0.25, 0.3) is 0 Å². The maximum atomic E-state index is 6.41. The predicted octanol–water partition coefficient (Wildman–Crippen LogP) is 2.64. The summed E-state index contributed by atoms with van der Waals surface area (Å²) in [6, 6.07) is 0. The molecular weight excluding hydrogens is 260 g/mol. The molecule has 1 aliphatic heterocycles. The van der Waals surface area contributed by atoms with Gasteiger partial charge in [-0.25, -0.2) is 0 Å². The summed E-state index contributed by atoms with van der Waals surface area (Å²) in [4.78, 5) is 2.65. The molecule has 3 heteroatoms. The van der Waals surface area contributed by atoms with Gasteiger partial charge >= 0.3 is 0 Å². The molecule has 1 saturated heterocycles. The number of hydrogen-bond acceptors (Lipinski definition) is 3. The van der Waals surface area contributed by atoms with E-state index in [0.717, 1.165) is 43.4 Å². The van der Waals surface area contributed by atoms with Gasteiger partial charge in [0.25, 0.3) is 0 Å². The van der Waals surface area contributed by atoms with Crippen molar-refractivity contribution in [1.29, 1.82) is 0 Å². The van der Waals surface area contributed by atoms with Gasteiger partial charge in [-0.3, -0.25) is 4.90 Å². The molecule has 5 fully saturated rings. The van der Waals surface area contributed by atoms with Crippen LogP contribution in [0, 0.1) is 23.7 Å². The molecular formula is C18H32N2O. The molecule has 1 unspecified atom stereocenters. The minimum absolute atomic E-state index is 0.286. The molecule has 4 saturated carbocycles. The van der Waals surface area contributed by atoms with Gasteiger partial charge in [-0.1, -0.05) is 0 Å². The maximum absolute atomic E-state index is 6.41. The number of nitrogens with zero attached hydrogens (tertiary/aromatic N) is 1. The molecule has 0 aromatic rings. The highest BCUT2D eigenvalue weighted by atomic mass is 16.5. The summed E-state index contributed by atoms with van der Waals surface area (Å²) in [5.41, 5.74) is 6.70. The zero-order valence-corrected chi connectivity index (χ0v) is 13.6. The topological polar surface area (TPSA) is 38.5 Å². The number of ether oxygens (including phenoxy) is 1. The van der Waals surface area contributed by atoms with E-state index < -0.39 is 0 Å². The zero-order chi connectivity index (χ0) is 14.4. The van der Waals surface area contributed by atoms with Gasteiger partial charge in [-0.05, 0) is 82.1 Å². The average molecular weight is 292 g/mol. The van der Waals surface area contributed by atoms with Crippen LogP contribution in [-0.2, 0) is 4.74 Å². The highest BCUT2D eigenvalue weighted by molar-refractivity contribution is 5.12. The highest BCUT2D eigenvalue weighted by Crippen LogP contribution is 2.59. The summed E-state index contributed by atoms with van der Waals surface area (Å²) >= 11 is 0. The Morgan fingerprint density at radius 3 is 2.24 bits per heavy atom. The first-order chi connectivity index (χ1) is 10.2. The Kier molecular flexibility index (Phi) is 3.79. The molecule has 0 amide bonds. The van der Waals surface area contributed by atoms with Crippen molar-refractivity contribution in [2.45, 2.75) is 63.0 Å². The third-order valence-corrected chi connectivity index (χ3v) is 7.34. The van der Waals surface area contributed by atoms with E-state index in [0.29, 0.717) is 6.10 Å². The van der Waals surface area contributed by atoms with Crippen LogP contribution < -0.4 is 5.73 Å². The summed E-state index contributed by atoms with van der Waals surface area (Å²) in [7, 11) is 2.34. The Hall–Kier alpha value is -0.120. The maximum Gasteiger partial charge on any atom is 0.0702 e. The van der Waals surface area contributed by atoms with Gasteiger partial charge in [0.05, 0.1) is 6.10 Å². The van der Waals surface area contributed by atoms with Gasteiger partial charge in [0.15, 0.2) is 0 Å². The van der Waals surface area contributed by atoms with Gasteiger partial charge in [-0.15, -0.1) is 0 Å². The molecule has 21 heavy (non-hydrogen) atoms. The van der Waals surface area contributed by atoms with Crippen LogP contribution >= 0.6 is 0 Å². The average Bonchev–Trinajstić information content (AvgIpc) is 2.48. The first-order valence-electron chi connectivity index (χ1n) is 9.25. The van der Waals surface area contributed by atoms with Crippen molar-refractivity contribution < 1.29 is 4.74 Å². The Labute approximate surface area is 129 Å². The van der Waals surface area contributed by atoms with E-state index in [1.54, 1.807) is 0 Å². The molecule has 120 valence electrons. The number of nitrogens with two attached hydrogens (primary N) is 1. The first-order valence-corrected chi connectivity index (χ1v) is 9.25. The second-order valence-electron chi connectivity index (χ2n) is 8.37. The smallest absolute Gasteiger partial charge is 0.0702 e. The quantitative estimate of drug-likeness (QED) is 0.866. The molecule has 0 spiro atoms. The predicted molar refractivity (Wildman–Crippen MR) is 85.1 cm³/mol. The fraction of sp³-hybridized carbons (Fsp3) is 1.00. The lowest BCUT2D eigenvalue weighted by molar-refractivity contribution is -0.136. The van der Waals surface area contributed by atoms with Crippen molar-refractivity contribution >= 4 is 0 Å². The molecule has 1 atom stereocenters. The van der Waals surface area contributed by atoms with E-state index in [2.05, 4.69) is 11.9 Å². The Bertz CT molecular complexity index is 349. The molecule has 5 aliphatic rings. The third kappa shape index (κ3) is 2.27. The fourth-order valence-electron chi connectivity index (χ4n) is 6.54. The number of hydrogen-bond donors (Lipinski definition) is 1. The van der Waals surface area contributed by atoms with E-state index in [1.807, 2.05) is 0 Å². The molecule has 4 aliphatic carbocycles. The minimum Gasteiger partial charge on any atom is -0.377 e. The number of likely N-dealkylation sites (N-methyl/N-ethyl adjacent to an activating group) is 1. The van der Waals surface area contributed by atoms with Crippen molar-refractivity contribution in [3.05, 3.63) is 0 Å². The van der Waals surface area contributed by atoms with E-state index in [-0.39, 0.29) is 5.54 Å². The monoisotopic (exact) mass is 292 g/mol. The van der Waals surface area contributed by atoms with Crippen molar-refractivity contribution in [2.24, 2.45) is 29.4 Å². The standard InChI is InChI=1S/C18H32N2O/c1-20(11-17-4-2-3-5-21-17)18(12-19)15-7-13-6-14(9-15)10-16(18)8-13/h13-17H,2-12,19H2,1H3. The van der Waals surface area contributed by atoms with Crippen LogP contribution in [0.1, 0.15) is 51.4 Å². The third-order valence-electron chi connectivity index (χ3n) is 7.34. The molecule has 4 bridgehead atoms. The van der Waals surface area contributed by atoms with Gasteiger partial charge < -0.3 is 10.5 Å². The minimum atomic E-state index is 0.286. The second kappa shape index (κ2) is 5.50. The van der Waals surface area contributed by atoms with Crippen LogP contribution in [0.2, 0.25) is 0 Å². The summed E-state index contributed by atoms with van der Waals surface area (Å²) in [6.45, 7) is 2.91. The Morgan fingerprint density at radius 2 is 1.71 bits per heavy atom. The Balaban J connectivity index is 1.52. The molecule has 1 heterocycles. The van der Waals surface area contributed by atoms with E-state index in [9.17, 15) is 0 Å². The fourth-order valence-corrected chi connectivity index (χ4v) is 6.54. The Morgan fingerprint density at radius 1 is 1.05 bits per heavy atom. The molecule has 5 rings (SSSR count). The van der Waals surface area contributed by atoms with E-state index in [4.69, 9.17) is 10.5 Å². The largest absolute Gasteiger partial charge is 0.377 e. The molecule has 3 nitrogen and oxygen atoms in total. The van der Waals surface area contributed by atoms with Crippen molar-refractivity contribution in [3.63, 3.8) is 0 Å². The first kappa shape index (κ1) is 14.5. The lowest BCUT2D eigenvalue weighted by Gasteiger charge is -2.64. The van der Waals surface area contributed by atoms with Crippen LogP contribution in [0.3, 0.4) is 0 Å². The summed E-state index contributed by atoms with van der Waals surface area (Å²) < 4.78 is 6.00. The molecule has 0 radical (unpaired) electrons. The van der Waals surface area contributed by atoms with Gasteiger partial charge in [0.2, 0.25) is 0 Å². The van der Waals surface area contributed by atoms with E-state index >= 15 is 0 Å². The van der Waals surface area contributed by atoms with E-state index in [1.165, 1.54) is 51.4 Å². The summed E-state index contributed by atoms with van der Waals surface area (Å²) in [5.74, 6) is 3.75. The van der Waals surface area contributed by atoms with Crippen LogP contribution in [0.4, 0.5) is 0 Å². The SMILES string of the molecule is CN(CC1CCCCO1)C1(CN)C2CC3CC(C2)CC1C3. The van der Waals surface area contributed by atoms with Gasteiger partial charge in [-0.2, -0.15) is 0 Å². The van der Waals surface area contributed by atoms with Crippen LogP contribution in [-0.4, -0.2) is 43.3 Å². The summed E-state index contributed by atoms with van der Waals surface area (Å²) in [6.07, 6.45) is 11.6. The van der Waals surface area contributed by atoms with Crippen molar-refractivity contribution in [2.75, 3.05) is 26.7 Å². The number of rotatable bonds is 4. The normalized spacial score (nSPS) is 49.0. The van der Waals surface area contributed by atoms with Crippen molar-refractivity contribution in [3.8, 4) is 0 Å². The lowest BCUT2D eigenvalue weighted by Crippen LogP contribution is -2.69. The van der Waals surface area contributed by atoms with Crippen LogP contribution in [0.5, 0.6) is 0 Å². The molecule has 0 aromatic carbocycles. The van der Waals surface area contributed by atoms with Crippen molar-refractivity contribution in [1.82, 2.24) is 4.90 Å². The molecule has 2 N–H and O–H groups in total. The summed E-state index contributed by atoms with van der Waals surface area (Å²) in [5, 5.41) is 0. The molecule has 0 aromatic heterocycles. The lowest BCUT2D eigenvalue weighted by atomic mass is 9.48. The highest BCUT2D eigenvalue weighted by Gasteiger charge is 2.58. The zero-order valence-electron chi connectivity index (χ0n) is 13.6. The second-order valence-corrected chi connectivity index (χ2v) is 8.37. The van der Waals surface area contributed by atoms with Gasteiger partial charge in [0, 0.05) is 25.2 Å². The van der Waals surface area contributed by atoms with Gasteiger partial charge in [0.1, 0.15) is 0 Å². The van der Waals surface area contributed by atoms with Crippen LogP contribution in [0.15, 0.2) is 0 Å².